The second-order valence-corrected chi connectivity index (χ2v) is 8.04. The van der Waals surface area contributed by atoms with Crippen LogP contribution in [0.25, 0.3) is 0 Å². The van der Waals surface area contributed by atoms with E-state index in [2.05, 4.69) is 17.2 Å². The van der Waals surface area contributed by atoms with E-state index in [0.717, 1.165) is 22.4 Å². The van der Waals surface area contributed by atoms with Crippen molar-refractivity contribution in [1.82, 2.24) is 5.32 Å². The predicted molar refractivity (Wildman–Crippen MR) is 125 cm³/mol. The van der Waals surface area contributed by atoms with Crippen molar-refractivity contribution >= 4 is 29.1 Å². The molecule has 0 unspecified atom stereocenters. The first-order valence-corrected chi connectivity index (χ1v) is 10.6. The van der Waals surface area contributed by atoms with E-state index in [9.17, 15) is 14.4 Å². The summed E-state index contributed by atoms with van der Waals surface area (Å²) in [6.07, 6.45) is 1.79. The molecule has 2 aromatic rings. The molecule has 1 aliphatic rings. The highest BCUT2D eigenvalue weighted by atomic mass is 16.5. The molecular formula is C25H29N3O4. The van der Waals surface area contributed by atoms with Gasteiger partial charge in [0.2, 0.25) is 11.8 Å². The molecule has 3 amide bonds. The summed E-state index contributed by atoms with van der Waals surface area (Å²) in [5.74, 6) is -0.345. The lowest BCUT2D eigenvalue weighted by atomic mass is 10.1. The average molecular weight is 436 g/mol. The van der Waals surface area contributed by atoms with Gasteiger partial charge in [0, 0.05) is 30.9 Å². The molecule has 0 spiro atoms. The van der Waals surface area contributed by atoms with Gasteiger partial charge in [0.25, 0.3) is 5.91 Å². The zero-order chi connectivity index (χ0) is 23.3. The summed E-state index contributed by atoms with van der Waals surface area (Å²) in [6, 6.07) is 11.0. The smallest absolute Gasteiger partial charge is 0.262 e. The number of rotatable bonds is 8. The molecule has 7 nitrogen and oxygen atoms in total. The lowest BCUT2D eigenvalue weighted by Gasteiger charge is -2.17. The lowest BCUT2D eigenvalue weighted by Crippen LogP contribution is -2.32. The molecule has 0 saturated carbocycles. The van der Waals surface area contributed by atoms with Gasteiger partial charge in [0.1, 0.15) is 5.75 Å². The fraction of sp³-hybridized carbons (Fsp3) is 0.320. The largest absolute Gasteiger partial charge is 0.484 e. The third kappa shape index (κ3) is 5.55. The van der Waals surface area contributed by atoms with Crippen LogP contribution in [0.2, 0.25) is 0 Å². The molecule has 2 N–H and O–H groups in total. The van der Waals surface area contributed by atoms with Crippen LogP contribution in [0.4, 0.5) is 11.4 Å². The van der Waals surface area contributed by atoms with Gasteiger partial charge < -0.3 is 20.3 Å². The van der Waals surface area contributed by atoms with Crippen LogP contribution in [-0.4, -0.2) is 37.4 Å². The Morgan fingerprint density at radius 3 is 2.44 bits per heavy atom. The number of carbonyl (C=O) groups excluding carboxylic acids is 3. The summed E-state index contributed by atoms with van der Waals surface area (Å²) < 4.78 is 5.60. The summed E-state index contributed by atoms with van der Waals surface area (Å²) in [6.45, 7) is 10.1. The first kappa shape index (κ1) is 23.1. The van der Waals surface area contributed by atoms with Crippen LogP contribution in [-0.2, 0) is 14.4 Å². The highest BCUT2D eigenvalue weighted by molar-refractivity contribution is 6.00. The number of carbonyl (C=O) groups is 3. The highest BCUT2D eigenvalue weighted by Crippen LogP contribution is 2.27. The predicted octanol–water partition coefficient (Wildman–Crippen LogP) is 3.28. The molecule has 2 aromatic carbocycles. The van der Waals surface area contributed by atoms with Crippen LogP contribution >= 0.6 is 0 Å². The van der Waals surface area contributed by atoms with E-state index in [1.807, 2.05) is 32.9 Å². The Hall–Kier alpha value is -3.61. The van der Waals surface area contributed by atoms with Crippen molar-refractivity contribution in [1.29, 1.82) is 0 Å². The number of anilines is 2. The molecule has 7 heteroatoms. The molecule has 1 fully saturated rings. The van der Waals surface area contributed by atoms with Gasteiger partial charge in [-0.25, -0.2) is 0 Å². The quantitative estimate of drug-likeness (QED) is 0.623. The zero-order valence-corrected chi connectivity index (χ0v) is 18.7. The second kappa shape index (κ2) is 10.1. The molecule has 0 aromatic heterocycles. The van der Waals surface area contributed by atoms with E-state index in [1.165, 1.54) is 0 Å². The van der Waals surface area contributed by atoms with Crippen molar-refractivity contribution in [2.24, 2.45) is 5.92 Å². The normalized spacial score (nSPS) is 15.4. The van der Waals surface area contributed by atoms with Crippen molar-refractivity contribution in [3.05, 3.63) is 65.7 Å². The Bertz CT molecular complexity index is 1010. The second-order valence-electron chi connectivity index (χ2n) is 8.04. The number of benzene rings is 2. The van der Waals surface area contributed by atoms with E-state index in [1.54, 1.807) is 35.2 Å². The summed E-state index contributed by atoms with van der Waals surface area (Å²) in [7, 11) is 0. The van der Waals surface area contributed by atoms with Gasteiger partial charge in [-0.15, -0.1) is 6.58 Å². The van der Waals surface area contributed by atoms with Crippen molar-refractivity contribution < 1.29 is 19.1 Å². The Morgan fingerprint density at radius 2 is 1.81 bits per heavy atom. The van der Waals surface area contributed by atoms with E-state index in [0.29, 0.717) is 24.5 Å². The monoisotopic (exact) mass is 435 g/mol. The van der Waals surface area contributed by atoms with Crippen molar-refractivity contribution in [3.63, 3.8) is 0 Å². The van der Waals surface area contributed by atoms with Gasteiger partial charge in [-0.3, -0.25) is 14.4 Å². The van der Waals surface area contributed by atoms with E-state index in [-0.39, 0.29) is 36.7 Å². The van der Waals surface area contributed by atoms with E-state index < -0.39 is 0 Å². The SMILES string of the molecule is C=CCNC(=O)[C@H]1CC(=O)N(c2ccc(OCC(=O)Nc3c(C)cc(C)cc3C)cc2)C1. The molecule has 3 rings (SSSR count). The summed E-state index contributed by atoms with van der Waals surface area (Å²) in [5.41, 5.74) is 4.66. The number of nitrogens with one attached hydrogen (secondary N) is 2. The number of ether oxygens (including phenoxy) is 1. The minimum Gasteiger partial charge on any atom is -0.484 e. The molecule has 32 heavy (non-hydrogen) atoms. The topological polar surface area (TPSA) is 87.7 Å². The van der Waals surface area contributed by atoms with Crippen molar-refractivity contribution in [2.75, 3.05) is 29.9 Å². The third-order valence-electron chi connectivity index (χ3n) is 5.38. The van der Waals surface area contributed by atoms with Crippen LogP contribution in [0, 0.1) is 26.7 Å². The van der Waals surface area contributed by atoms with Gasteiger partial charge in [-0.2, -0.15) is 0 Å². The molecule has 1 atom stereocenters. The van der Waals surface area contributed by atoms with Gasteiger partial charge in [0.05, 0.1) is 5.92 Å². The fourth-order valence-electron chi connectivity index (χ4n) is 3.87. The molecule has 1 heterocycles. The maximum Gasteiger partial charge on any atom is 0.262 e. The van der Waals surface area contributed by atoms with Crippen LogP contribution < -0.4 is 20.3 Å². The lowest BCUT2D eigenvalue weighted by molar-refractivity contribution is -0.126. The number of aryl methyl sites for hydroxylation is 3. The van der Waals surface area contributed by atoms with Crippen LogP contribution in [0.5, 0.6) is 5.75 Å². The van der Waals surface area contributed by atoms with Gasteiger partial charge in [-0.1, -0.05) is 23.8 Å². The maximum absolute atomic E-state index is 12.4. The summed E-state index contributed by atoms with van der Waals surface area (Å²) >= 11 is 0. The van der Waals surface area contributed by atoms with Crippen LogP contribution in [0.3, 0.4) is 0 Å². The van der Waals surface area contributed by atoms with Crippen LogP contribution in [0.15, 0.2) is 49.1 Å². The number of nitrogens with zero attached hydrogens (tertiary/aromatic N) is 1. The minimum absolute atomic E-state index is 0.0966. The Balaban J connectivity index is 1.55. The first-order chi connectivity index (χ1) is 15.3. The standard InChI is InChI=1S/C25H29N3O4/c1-5-10-26-25(31)19-13-23(30)28(14-19)20-6-8-21(9-7-20)32-15-22(29)27-24-17(3)11-16(2)12-18(24)4/h5-9,11-12,19H,1,10,13-15H2,2-4H3,(H,26,31)(H,27,29)/t19-/m0/s1. The zero-order valence-electron chi connectivity index (χ0n) is 18.7. The van der Waals surface area contributed by atoms with Gasteiger partial charge >= 0.3 is 0 Å². The van der Waals surface area contributed by atoms with E-state index >= 15 is 0 Å². The minimum atomic E-state index is -0.379. The molecule has 0 bridgehead atoms. The van der Waals surface area contributed by atoms with E-state index in [4.69, 9.17) is 4.74 Å². The molecule has 1 saturated heterocycles. The molecule has 0 aliphatic carbocycles. The van der Waals surface area contributed by atoms with Crippen LogP contribution in [0.1, 0.15) is 23.1 Å². The summed E-state index contributed by atoms with van der Waals surface area (Å²) in [4.78, 5) is 38.4. The Labute approximate surface area is 188 Å². The summed E-state index contributed by atoms with van der Waals surface area (Å²) in [5, 5.41) is 5.64. The molecule has 168 valence electrons. The number of hydrogen-bond acceptors (Lipinski definition) is 4. The first-order valence-electron chi connectivity index (χ1n) is 10.6. The number of amides is 3. The molecule has 0 radical (unpaired) electrons. The highest BCUT2D eigenvalue weighted by Gasteiger charge is 2.34. The maximum atomic E-state index is 12.4. The van der Waals surface area contributed by atoms with Crippen molar-refractivity contribution in [2.45, 2.75) is 27.2 Å². The third-order valence-corrected chi connectivity index (χ3v) is 5.38. The van der Waals surface area contributed by atoms with Gasteiger partial charge in [-0.05, 0) is 56.2 Å². The molecule has 1 aliphatic heterocycles. The van der Waals surface area contributed by atoms with Crippen molar-refractivity contribution in [3.8, 4) is 5.75 Å². The number of hydrogen-bond donors (Lipinski definition) is 2. The Kier molecular flexibility index (Phi) is 7.30. The van der Waals surface area contributed by atoms with Gasteiger partial charge in [0.15, 0.2) is 6.61 Å². The average Bonchev–Trinajstić information content (AvgIpc) is 3.15. The molecular weight excluding hydrogens is 406 g/mol. The fourth-order valence-corrected chi connectivity index (χ4v) is 3.87. The Morgan fingerprint density at radius 1 is 1.16 bits per heavy atom.